The summed E-state index contributed by atoms with van der Waals surface area (Å²) in [4.78, 5) is 16.0. The number of hydrogen-bond acceptors (Lipinski definition) is 2. The van der Waals surface area contributed by atoms with Crippen molar-refractivity contribution in [1.82, 2.24) is 4.57 Å². The first-order valence-electron chi connectivity index (χ1n) is 8.89. The lowest BCUT2D eigenvalue weighted by Gasteiger charge is -2.36. The lowest BCUT2D eigenvalue weighted by Crippen LogP contribution is -2.48. The van der Waals surface area contributed by atoms with Crippen molar-refractivity contribution in [3.05, 3.63) is 54.1 Å². The van der Waals surface area contributed by atoms with Crippen LogP contribution in [0.4, 0.5) is 5.69 Å². The second-order valence-electron chi connectivity index (χ2n) is 8.52. The number of aromatic nitrogens is 1. The number of carbonyl (C=O) groups is 1. The van der Waals surface area contributed by atoms with Crippen molar-refractivity contribution in [3.8, 4) is 11.3 Å². The number of hydrogen-bond donors (Lipinski definition) is 0. The molecule has 3 heteroatoms. The summed E-state index contributed by atoms with van der Waals surface area (Å²) in [6.07, 6.45) is 0. The number of carbonyl (C=O) groups excluding carboxylic acids is 1. The molecule has 1 aromatic heterocycles. The Bertz CT molecular complexity index is 1050. The zero-order valence-corrected chi connectivity index (χ0v) is 15.1. The first-order valence-corrected chi connectivity index (χ1v) is 8.89. The quantitative estimate of drug-likeness (QED) is 0.589. The van der Waals surface area contributed by atoms with Crippen molar-refractivity contribution in [1.29, 1.82) is 0 Å². The Hall–Kier alpha value is -2.55. The summed E-state index contributed by atoms with van der Waals surface area (Å²) in [6, 6.07) is 16.8. The SMILES string of the molecule is CC12CN(C(C)(C)C)c3cccc(c31)-c1cc3ccccc3n1C2=O. The second kappa shape index (κ2) is 4.34. The molecular weight excluding hydrogens is 308 g/mol. The molecule has 0 aliphatic carbocycles. The fourth-order valence-corrected chi connectivity index (χ4v) is 4.63. The summed E-state index contributed by atoms with van der Waals surface area (Å²) >= 11 is 0. The molecule has 3 heterocycles. The number of benzene rings is 2. The van der Waals surface area contributed by atoms with E-state index < -0.39 is 5.41 Å². The van der Waals surface area contributed by atoms with Gasteiger partial charge in [-0.2, -0.15) is 0 Å². The third-order valence-electron chi connectivity index (χ3n) is 5.83. The highest BCUT2D eigenvalue weighted by Crippen LogP contribution is 2.52. The highest BCUT2D eigenvalue weighted by molar-refractivity contribution is 6.09. The van der Waals surface area contributed by atoms with E-state index in [1.807, 2.05) is 22.8 Å². The maximum absolute atomic E-state index is 13.6. The fraction of sp³-hybridized carbons (Fsp3) is 0.318. The molecule has 5 rings (SSSR count). The molecule has 2 aliphatic heterocycles. The van der Waals surface area contributed by atoms with E-state index in [-0.39, 0.29) is 11.4 Å². The minimum atomic E-state index is -0.506. The van der Waals surface area contributed by atoms with Gasteiger partial charge in [0.1, 0.15) is 0 Å². The zero-order chi connectivity index (χ0) is 17.6. The molecule has 0 radical (unpaired) electrons. The lowest BCUT2D eigenvalue weighted by atomic mass is 9.77. The van der Waals surface area contributed by atoms with E-state index in [1.165, 1.54) is 16.8 Å². The van der Waals surface area contributed by atoms with Gasteiger partial charge in [0.25, 0.3) is 0 Å². The average molecular weight is 330 g/mol. The van der Waals surface area contributed by atoms with E-state index in [1.54, 1.807) is 0 Å². The van der Waals surface area contributed by atoms with Crippen LogP contribution < -0.4 is 4.90 Å². The van der Waals surface area contributed by atoms with Crippen LogP contribution in [0.1, 0.15) is 38.1 Å². The van der Waals surface area contributed by atoms with Crippen LogP contribution in [-0.2, 0) is 5.41 Å². The molecule has 2 aromatic carbocycles. The van der Waals surface area contributed by atoms with Gasteiger partial charge in [-0.15, -0.1) is 0 Å². The smallest absolute Gasteiger partial charge is 0.243 e. The van der Waals surface area contributed by atoms with Gasteiger partial charge in [0.05, 0.1) is 16.6 Å². The van der Waals surface area contributed by atoms with Crippen LogP contribution in [0.2, 0.25) is 0 Å². The largest absolute Gasteiger partial charge is 0.365 e. The van der Waals surface area contributed by atoms with Crippen LogP contribution in [-0.4, -0.2) is 22.6 Å². The molecule has 126 valence electrons. The zero-order valence-electron chi connectivity index (χ0n) is 15.1. The van der Waals surface area contributed by atoms with Gasteiger partial charge in [0, 0.05) is 34.3 Å². The third-order valence-corrected chi connectivity index (χ3v) is 5.83. The molecule has 3 nitrogen and oxygen atoms in total. The summed E-state index contributed by atoms with van der Waals surface area (Å²) in [5.41, 5.74) is 5.11. The summed E-state index contributed by atoms with van der Waals surface area (Å²) in [7, 11) is 0. The van der Waals surface area contributed by atoms with E-state index in [0.717, 1.165) is 23.1 Å². The maximum atomic E-state index is 13.6. The minimum Gasteiger partial charge on any atom is -0.365 e. The molecule has 1 atom stereocenters. The van der Waals surface area contributed by atoms with Crippen molar-refractivity contribution in [3.63, 3.8) is 0 Å². The molecule has 0 spiro atoms. The average Bonchev–Trinajstić information content (AvgIpc) is 3.10. The lowest BCUT2D eigenvalue weighted by molar-refractivity contribution is 0.0820. The topological polar surface area (TPSA) is 25.2 Å². The van der Waals surface area contributed by atoms with Gasteiger partial charge in [-0.05, 0) is 45.9 Å². The van der Waals surface area contributed by atoms with Crippen molar-refractivity contribution < 1.29 is 4.79 Å². The Morgan fingerprint density at radius 3 is 2.56 bits per heavy atom. The molecule has 0 amide bonds. The van der Waals surface area contributed by atoms with Crippen LogP contribution in [0.15, 0.2) is 48.5 Å². The van der Waals surface area contributed by atoms with Crippen LogP contribution in [0.5, 0.6) is 0 Å². The Morgan fingerprint density at radius 2 is 1.80 bits per heavy atom. The van der Waals surface area contributed by atoms with Crippen molar-refractivity contribution in [2.24, 2.45) is 0 Å². The number of anilines is 1. The van der Waals surface area contributed by atoms with Gasteiger partial charge >= 0.3 is 0 Å². The predicted octanol–water partition coefficient (Wildman–Crippen LogP) is 4.84. The van der Waals surface area contributed by atoms with Gasteiger partial charge in [-0.25, -0.2) is 0 Å². The molecule has 0 N–H and O–H groups in total. The van der Waals surface area contributed by atoms with Crippen LogP contribution in [0.3, 0.4) is 0 Å². The Kier molecular flexibility index (Phi) is 2.56. The van der Waals surface area contributed by atoms with E-state index in [0.29, 0.717) is 0 Å². The third kappa shape index (κ3) is 1.68. The van der Waals surface area contributed by atoms with Crippen LogP contribution >= 0.6 is 0 Å². The Balaban J connectivity index is 1.89. The second-order valence-corrected chi connectivity index (χ2v) is 8.52. The van der Waals surface area contributed by atoms with E-state index in [9.17, 15) is 4.79 Å². The molecule has 25 heavy (non-hydrogen) atoms. The highest BCUT2D eigenvalue weighted by atomic mass is 16.2. The van der Waals surface area contributed by atoms with Gasteiger partial charge < -0.3 is 4.90 Å². The summed E-state index contributed by atoms with van der Waals surface area (Å²) < 4.78 is 1.94. The van der Waals surface area contributed by atoms with Crippen molar-refractivity contribution in [2.45, 2.75) is 38.6 Å². The van der Waals surface area contributed by atoms with E-state index in [2.05, 4.69) is 62.9 Å². The van der Waals surface area contributed by atoms with Crippen LogP contribution in [0, 0.1) is 0 Å². The number of rotatable bonds is 0. The molecule has 0 saturated heterocycles. The first kappa shape index (κ1) is 14.8. The minimum absolute atomic E-state index is 0.0213. The molecule has 0 saturated carbocycles. The molecular formula is C22H22N2O. The predicted molar refractivity (Wildman–Crippen MR) is 102 cm³/mol. The highest BCUT2D eigenvalue weighted by Gasteiger charge is 2.52. The van der Waals surface area contributed by atoms with Crippen molar-refractivity contribution in [2.75, 3.05) is 11.4 Å². The number of nitrogens with zero attached hydrogens (tertiary/aromatic N) is 2. The standard InChI is InChI=1S/C22H22N2O/c1-21(2,3)23-13-22(4)19-15(9-7-11-17(19)23)18-12-14-8-5-6-10-16(14)24(18)20(22)25/h5-12H,13H2,1-4H3. The molecule has 3 aromatic rings. The van der Waals surface area contributed by atoms with Gasteiger partial charge in [-0.3, -0.25) is 9.36 Å². The van der Waals surface area contributed by atoms with Crippen molar-refractivity contribution >= 4 is 22.5 Å². The maximum Gasteiger partial charge on any atom is 0.243 e. The summed E-state index contributed by atoms with van der Waals surface area (Å²) in [5.74, 6) is 0.190. The normalized spacial score (nSPS) is 21.6. The number of para-hydroxylation sites is 1. The number of fused-ring (bicyclic) bond motifs is 4. The van der Waals surface area contributed by atoms with Gasteiger partial charge in [0.15, 0.2) is 0 Å². The molecule has 0 fully saturated rings. The molecule has 1 unspecified atom stereocenters. The monoisotopic (exact) mass is 330 g/mol. The Labute approximate surface area is 147 Å². The first-order chi connectivity index (χ1) is 11.8. The Morgan fingerprint density at radius 1 is 1.04 bits per heavy atom. The summed E-state index contributed by atoms with van der Waals surface area (Å²) in [5, 5.41) is 1.12. The van der Waals surface area contributed by atoms with Gasteiger partial charge in [0.2, 0.25) is 5.91 Å². The van der Waals surface area contributed by atoms with E-state index >= 15 is 0 Å². The molecule has 0 bridgehead atoms. The van der Waals surface area contributed by atoms with Gasteiger partial charge in [-0.1, -0.05) is 30.3 Å². The fourth-order valence-electron chi connectivity index (χ4n) is 4.63. The molecule has 2 aliphatic rings. The summed E-state index contributed by atoms with van der Waals surface area (Å²) in [6.45, 7) is 9.49. The van der Waals surface area contributed by atoms with Crippen LogP contribution in [0.25, 0.3) is 22.2 Å². The van der Waals surface area contributed by atoms with E-state index in [4.69, 9.17) is 0 Å².